The van der Waals surface area contributed by atoms with Crippen LogP contribution in [0.25, 0.3) is 0 Å². The average Bonchev–Trinajstić information content (AvgIpc) is 2.64. The number of aryl methyl sites for hydroxylation is 1. The lowest BCUT2D eigenvalue weighted by atomic mass is 10.1. The lowest BCUT2D eigenvalue weighted by Gasteiger charge is -2.37. The standard InChI is InChI=1S/C18H21N5O/c1-13-14(2)20-21-18(17(13)12-19)23-9-7-22(8-10-23)15-5-4-6-16(11-15)24-3/h4-6,11H,7-10H2,1-3H3. The molecule has 2 aromatic rings. The number of hydrogen-bond donors (Lipinski definition) is 0. The highest BCUT2D eigenvalue weighted by Gasteiger charge is 2.22. The molecular formula is C18H21N5O. The molecule has 1 aliphatic heterocycles. The summed E-state index contributed by atoms with van der Waals surface area (Å²) in [5, 5.41) is 17.9. The van der Waals surface area contributed by atoms with Gasteiger partial charge in [0.2, 0.25) is 0 Å². The van der Waals surface area contributed by atoms with Gasteiger partial charge in [-0.3, -0.25) is 0 Å². The van der Waals surface area contributed by atoms with E-state index < -0.39 is 0 Å². The third kappa shape index (κ3) is 2.98. The van der Waals surface area contributed by atoms with Crippen molar-refractivity contribution >= 4 is 11.5 Å². The third-order valence-corrected chi connectivity index (χ3v) is 4.55. The van der Waals surface area contributed by atoms with Crippen molar-refractivity contribution in [1.82, 2.24) is 10.2 Å². The van der Waals surface area contributed by atoms with Gasteiger partial charge >= 0.3 is 0 Å². The van der Waals surface area contributed by atoms with E-state index in [0.29, 0.717) is 11.4 Å². The van der Waals surface area contributed by atoms with E-state index in [1.165, 1.54) is 0 Å². The first kappa shape index (κ1) is 16.1. The normalized spacial score (nSPS) is 14.4. The summed E-state index contributed by atoms with van der Waals surface area (Å²) in [6, 6.07) is 10.4. The first-order chi connectivity index (χ1) is 11.6. The number of nitrogens with zero attached hydrogens (tertiary/aromatic N) is 5. The van der Waals surface area contributed by atoms with E-state index in [1.54, 1.807) is 7.11 Å². The number of ether oxygens (including phenoxy) is 1. The van der Waals surface area contributed by atoms with Crippen molar-refractivity contribution in [2.45, 2.75) is 13.8 Å². The van der Waals surface area contributed by atoms with Gasteiger partial charge in [0.1, 0.15) is 17.4 Å². The van der Waals surface area contributed by atoms with Gasteiger partial charge in [-0.15, -0.1) is 5.10 Å². The van der Waals surface area contributed by atoms with E-state index in [4.69, 9.17) is 4.74 Å². The average molecular weight is 323 g/mol. The monoisotopic (exact) mass is 323 g/mol. The zero-order valence-electron chi connectivity index (χ0n) is 14.3. The van der Waals surface area contributed by atoms with Crippen molar-refractivity contribution in [3.63, 3.8) is 0 Å². The molecule has 0 radical (unpaired) electrons. The molecule has 1 saturated heterocycles. The number of nitriles is 1. The maximum Gasteiger partial charge on any atom is 0.169 e. The molecule has 3 rings (SSSR count). The van der Waals surface area contributed by atoms with Crippen LogP contribution in [-0.2, 0) is 0 Å². The molecule has 124 valence electrons. The molecule has 1 aromatic carbocycles. The summed E-state index contributed by atoms with van der Waals surface area (Å²) in [5.74, 6) is 1.56. The molecule has 0 unspecified atom stereocenters. The Balaban J connectivity index is 1.76. The second-order valence-corrected chi connectivity index (χ2v) is 5.90. The summed E-state index contributed by atoms with van der Waals surface area (Å²) in [5.41, 5.74) is 3.51. The van der Waals surface area contributed by atoms with Crippen LogP contribution in [0.5, 0.6) is 5.75 Å². The van der Waals surface area contributed by atoms with Crippen LogP contribution >= 0.6 is 0 Å². The summed E-state index contributed by atoms with van der Waals surface area (Å²) >= 11 is 0. The van der Waals surface area contributed by atoms with Crippen molar-refractivity contribution in [3.8, 4) is 11.8 Å². The minimum Gasteiger partial charge on any atom is -0.497 e. The van der Waals surface area contributed by atoms with Crippen molar-refractivity contribution in [1.29, 1.82) is 5.26 Å². The Labute approximate surface area is 142 Å². The quantitative estimate of drug-likeness (QED) is 0.863. The zero-order valence-corrected chi connectivity index (χ0v) is 14.3. The lowest BCUT2D eigenvalue weighted by molar-refractivity contribution is 0.414. The molecule has 1 aliphatic rings. The zero-order chi connectivity index (χ0) is 17.1. The molecule has 0 amide bonds. The van der Waals surface area contributed by atoms with Gasteiger partial charge in [0.05, 0.1) is 12.8 Å². The Hall–Kier alpha value is -2.81. The number of methoxy groups -OCH3 is 1. The van der Waals surface area contributed by atoms with Crippen molar-refractivity contribution in [2.24, 2.45) is 0 Å². The van der Waals surface area contributed by atoms with E-state index in [2.05, 4.69) is 32.1 Å². The van der Waals surface area contributed by atoms with Crippen LogP contribution in [0.1, 0.15) is 16.8 Å². The minimum absolute atomic E-state index is 0.636. The molecule has 0 aliphatic carbocycles. The Bertz CT molecular complexity index is 775. The van der Waals surface area contributed by atoms with Gasteiger partial charge in [0.15, 0.2) is 5.82 Å². The molecule has 2 heterocycles. The molecule has 6 heteroatoms. The first-order valence-electron chi connectivity index (χ1n) is 8.02. The highest BCUT2D eigenvalue weighted by Crippen LogP contribution is 2.25. The van der Waals surface area contributed by atoms with Crippen LogP contribution in [0, 0.1) is 25.2 Å². The Morgan fingerprint density at radius 3 is 2.46 bits per heavy atom. The molecular weight excluding hydrogens is 302 g/mol. The summed E-state index contributed by atoms with van der Waals surface area (Å²) in [4.78, 5) is 4.47. The Morgan fingerprint density at radius 2 is 1.79 bits per heavy atom. The van der Waals surface area contributed by atoms with Crippen LogP contribution in [0.15, 0.2) is 24.3 Å². The molecule has 0 saturated carbocycles. The summed E-state index contributed by atoms with van der Waals surface area (Å²) in [6.07, 6.45) is 0. The van der Waals surface area contributed by atoms with E-state index in [-0.39, 0.29) is 0 Å². The van der Waals surface area contributed by atoms with E-state index in [0.717, 1.165) is 48.9 Å². The minimum atomic E-state index is 0.636. The van der Waals surface area contributed by atoms with Gasteiger partial charge in [-0.05, 0) is 31.5 Å². The number of rotatable bonds is 3. The molecule has 1 fully saturated rings. The number of aromatic nitrogens is 2. The van der Waals surface area contributed by atoms with E-state index in [1.807, 2.05) is 32.0 Å². The summed E-state index contributed by atoms with van der Waals surface area (Å²) in [7, 11) is 1.68. The van der Waals surface area contributed by atoms with Gasteiger partial charge in [0, 0.05) is 37.9 Å². The molecule has 0 atom stereocenters. The van der Waals surface area contributed by atoms with Crippen LogP contribution < -0.4 is 14.5 Å². The molecule has 1 aromatic heterocycles. The highest BCUT2D eigenvalue weighted by atomic mass is 16.5. The maximum atomic E-state index is 9.47. The molecule has 0 spiro atoms. The van der Waals surface area contributed by atoms with Gasteiger partial charge in [0.25, 0.3) is 0 Å². The largest absolute Gasteiger partial charge is 0.497 e. The fraction of sp³-hybridized carbons (Fsp3) is 0.389. The van der Waals surface area contributed by atoms with Crippen LogP contribution in [0.3, 0.4) is 0 Å². The van der Waals surface area contributed by atoms with Crippen LogP contribution in [0.4, 0.5) is 11.5 Å². The Kier molecular flexibility index (Phi) is 4.52. The lowest BCUT2D eigenvalue weighted by Crippen LogP contribution is -2.47. The number of benzene rings is 1. The predicted molar refractivity (Wildman–Crippen MR) is 93.6 cm³/mol. The SMILES string of the molecule is COc1cccc(N2CCN(c3nnc(C)c(C)c3C#N)CC2)c1. The number of anilines is 2. The summed E-state index contributed by atoms with van der Waals surface area (Å²) in [6.45, 7) is 7.16. The molecule has 6 nitrogen and oxygen atoms in total. The third-order valence-electron chi connectivity index (χ3n) is 4.55. The smallest absolute Gasteiger partial charge is 0.169 e. The molecule has 0 N–H and O–H groups in total. The summed E-state index contributed by atoms with van der Waals surface area (Å²) < 4.78 is 5.30. The maximum absolute atomic E-state index is 9.47. The van der Waals surface area contributed by atoms with Gasteiger partial charge < -0.3 is 14.5 Å². The number of piperazine rings is 1. The highest BCUT2D eigenvalue weighted by molar-refractivity contribution is 5.59. The van der Waals surface area contributed by atoms with Crippen LogP contribution in [-0.4, -0.2) is 43.5 Å². The topological polar surface area (TPSA) is 65.3 Å². The Morgan fingerprint density at radius 1 is 1.08 bits per heavy atom. The second-order valence-electron chi connectivity index (χ2n) is 5.90. The predicted octanol–water partition coefficient (Wildman–Crippen LogP) is 2.30. The number of hydrogen-bond acceptors (Lipinski definition) is 6. The fourth-order valence-electron chi connectivity index (χ4n) is 2.93. The van der Waals surface area contributed by atoms with Gasteiger partial charge in [-0.25, -0.2) is 0 Å². The van der Waals surface area contributed by atoms with E-state index in [9.17, 15) is 5.26 Å². The van der Waals surface area contributed by atoms with Crippen molar-refractivity contribution in [3.05, 3.63) is 41.1 Å². The van der Waals surface area contributed by atoms with Crippen molar-refractivity contribution in [2.75, 3.05) is 43.1 Å². The van der Waals surface area contributed by atoms with E-state index >= 15 is 0 Å². The molecule has 0 bridgehead atoms. The van der Waals surface area contributed by atoms with Gasteiger partial charge in [-0.2, -0.15) is 10.4 Å². The molecule has 24 heavy (non-hydrogen) atoms. The van der Waals surface area contributed by atoms with Crippen LogP contribution in [0.2, 0.25) is 0 Å². The van der Waals surface area contributed by atoms with Gasteiger partial charge in [-0.1, -0.05) is 6.07 Å². The first-order valence-corrected chi connectivity index (χ1v) is 8.02. The fourth-order valence-corrected chi connectivity index (χ4v) is 2.93. The van der Waals surface area contributed by atoms with Crippen molar-refractivity contribution < 1.29 is 4.74 Å². The second kappa shape index (κ2) is 6.75.